The van der Waals surface area contributed by atoms with Crippen molar-refractivity contribution in [3.63, 3.8) is 0 Å². The molecule has 1 aromatic carbocycles. The van der Waals surface area contributed by atoms with Crippen LogP contribution in [0.1, 0.15) is 51.0 Å². The number of benzene rings is 1. The monoisotopic (exact) mass is 357 g/mol. The van der Waals surface area contributed by atoms with E-state index in [1.807, 2.05) is 6.07 Å². The molecule has 0 amide bonds. The average Bonchev–Trinajstić information content (AvgIpc) is 2.46. The molecule has 1 atom stereocenters. The molecule has 0 heterocycles. The van der Waals surface area contributed by atoms with Gasteiger partial charge in [0.15, 0.2) is 0 Å². The normalized spacial score (nSPS) is 18.1. The predicted octanol–water partition coefficient (Wildman–Crippen LogP) is 5.59. The first-order valence-electron chi connectivity index (χ1n) is 7.88. The van der Waals surface area contributed by atoms with Gasteiger partial charge in [-0.1, -0.05) is 59.8 Å². The van der Waals surface area contributed by atoms with Gasteiger partial charge in [0.05, 0.1) is 0 Å². The van der Waals surface area contributed by atoms with Crippen molar-refractivity contribution in [2.24, 2.45) is 5.92 Å². The Morgan fingerprint density at radius 2 is 2.05 bits per heavy atom. The summed E-state index contributed by atoms with van der Waals surface area (Å²) in [6.45, 7) is 3.34. The third-order valence-electron chi connectivity index (χ3n) is 4.33. The van der Waals surface area contributed by atoms with Crippen LogP contribution in [0.4, 0.5) is 0 Å². The van der Waals surface area contributed by atoms with E-state index in [2.05, 4.69) is 40.3 Å². The molecule has 0 bridgehead atoms. The summed E-state index contributed by atoms with van der Waals surface area (Å²) < 4.78 is 1.06. The standard InChI is InChI=1S/C17H25BrClN/c1-2-10-20-17(13-6-4-3-5-7-13)11-14-8-9-15(18)12-16(14)19/h8-9,12-13,17,20H,2-7,10-11H2,1H3. The van der Waals surface area contributed by atoms with Crippen molar-refractivity contribution in [2.75, 3.05) is 6.54 Å². The van der Waals surface area contributed by atoms with Crippen molar-refractivity contribution in [1.29, 1.82) is 0 Å². The Morgan fingerprint density at radius 3 is 2.70 bits per heavy atom. The summed E-state index contributed by atoms with van der Waals surface area (Å²) in [4.78, 5) is 0. The zero-order valence-corrected chi connectivity index (χ0v) is 14.6. The molecule has 0 aliphatic heterocycles. The fraction of sp³-hybridized carbons (Fsp3) is 0.647. The highest BCUT2D eigenvalue weighted by molar-refractivity contribution is 9.10. The van der Waals surface area contributed by atoms with E-state index in [-0.39, 0.29) is 0 Å². The summed E-state index contributed by atoms with van der Waals surface area (Å²) in [5.74, 6) is 0.815. The van der Waals surface area contributed by atoms with Gasteiger partial charge in [-0.05, 0) is 55.8 Å². The minimum Gasteiger partial charge on any atom is -0.313 e. The predicted molar refractivity (Wildman–Crippen MR) is 91.5 cm³/mol. The molecule has 1 nitrogen and oxygen atoms in total. The first-order chi connectivity index (χ1) is 9.70. The highest BCUT2D eigenvalue weighted by Crippen LogP contribution is 2.30. The van der Waals surface area contributed by atoms with Crippen molar-refractivity contribution in [2.45, 2.75) is 57.9 Å². The van der Waals surface area contributed by atoms with Crippen LogP contribution < -0.4 is 5.32 Å². The van der Waals surface area contributed by atoms with E-state index >= 15 is 0 Å². The molecule has 2 rings (SSSR count). The Balaban J connectivity index is 2.05. The van der Waals surface area contributed by atoms with Crippen molar-refractivity contribution in [1.82, 2.24) is 5.32 Å². The molecule has 112 valence electrons. The van der Waals surface area contributed by atoms with Crippen LogP contribution in [0.5, 0.6) is 0 Å². The zero-order chi connectivity index (χ0) is 14.4. The van der Waals surface area contributed by atoms with Gasteiger partial charge in [-0.2, -0.15) is 0 Å². The van der Waals surface area contributed by atoms with Crippen molar-refractivity contribution in [3.05, 3.63) is 33.3 Å². The summed E-state index contributed by atoms with van der Waals surface area (Å²) in [7, 11) is 0. The second-order valence-corrected chi connectivity index (χ2v) is 7.22. The van der Waals surface area contributed by atoms with Crippen LogP contribution in [0.2, 0.25) is 5.02 Å². The van der Waals surface area contributed by atoms with E-state index in [1.54, 1.807) is 0 Å². The lowest BCUT2D eigenvalue weighted by atomic mass is 9.81. The molecule has 1 aliphatic rings. The summed E-state index contributed by atoms with van der Waals surface area (Å²) in [5, 5.41) is 4.65. The topological polar surface area (TPSA) is 12.0 Å². The molecule has 0 aromatic heterocycles. The average molecular weight is 359 g/mol. The number of hydrogen-bond donors (Lipinski definition) is 1. The van der Waals surface area contributed by atoms with E-state index in [0.29, 0.717) is 6.04 Å². The van der Waals surface area contributed by atoms with Crippen LogP contribution >= 0.6 is 27.5 Å². The van der Waals surface area contributed by atoms with Gasteiger partial charge in [0.2, 0.25) is 0 Å². The summed E-state index contributed by atoms with van der Waals surface area (Å²) in [6, 6.07) is 6.85. The van der Waals surface area contributed by atoms with Crippen molar-refractivity contribution >= 4 is 27.5 Å². The van der Waals surface area contributed by atoms with Gasteiger partial charge in [0, 0.05) is 15.5 Å². The van der Waals surface area contributed by atoms with Crippen molar-refractivity contribution < 1.29 is 0 Å². The van der Waals surface area contributed by atoms with Gasteiger partial charge in [-0.3, -0.25) is 0 Å². The first kappa shape index (κ1) is 16.3. The highest BCUT2D eigenvalue weighted by atomic mass is 79.9. The molecule has 1 unspecified atom stereocenters. The maximum atomic E-state index is 6.39. The van der Waals surface area contributed by atoms with E-state index in [1.165, 1.54) is 44.1 Å². The second-order valence-electron chi connectivity index (χ2n) is 5.90. The van der Waals surface area contributed by atoms with Crippen LogP contribution in [0.25, 0.3) is 0 Å². The fourth-order valence-electron chi connectivity index (χ4n) is 3.20. The van der Waals surface area contributed by atoms with Crippen LogP contribution in [-0.4, -0.2) is 12.6 Å². The Morgan fingerprint density at radius 1 is 1.30 bits per heavy atom. The molecule has 1 saturated carbocycles. The number of rotatable bonds is 6. The minimum absolute atomic E-state index is 0.578. The number of halogens is 2. The van der Waals surface area contributed by atoms with E-state index in [9.17, 15) is 0 Å². The summed E-state index contributed by atoms with van der Waals surface area (Å²) in [5.41, 5.74) is 1.27. The maximum Gasteiger partial charge on any atom is 0.0449 e. The molecular formula is C17H25BrClN. The Bertz CT molecular complexity index is 415. The lowest BCUT2D eigenvalue weighted by molar-refractivity contribution is 0.267. The Hall–Kier alpha value is -0.0500. The number of nitrogens with one attached hydrogen (secondary N) is 1. The molecule has 1 aromatic rings. The lowest BCUT2D eigenvalue weighted by Gasteiger charge is -2.31. The Labute approximate surface area is 136 Å². The van der Waals surface area contributed by atoms with Crippen LogP contribution in [0.3, 0.4) is 0 Å². The molecule has 0 saturated heterocycles. The lowest BCUT2D eigenvalue weighted by Crippen LogP contribution is -2.39. The zero-order valence-electron chi connectivity index (χ0n) is 12.3. The molecule has 0 spiro atoms. The smallest absolute Gasteiger partial charge is 0.0449 e. The molecule has 0 radical (unpaired) electrons. The van der Waals surface area contributed by atoms with E-state index < -0.39 is 0 Å². The van der Waals surface area contributed by atoms with Crippen LogP contribution in [-0.2, 0) is 6.42 Å². The molecular weight excluding hydrogens is 334 g/mol. The van der Waals surface area contributed by atoms with Crippen molar-refractivity contribution in [3.8, 4) is 0 Å². The molecule has 1 N–H and O–H groups in total. The van der Waals surface area contributed by atoms with Gasteiger partial charge >= 0.3 is 0 Å². The quantitative estimate of drug-likeness (QED) is 0.698. The second kappa shape index (κ2) is 8.41. The van der Waals surface area contributed by atoms with Gasteiger partial charge in [-0.25, -0.2) is 0 Å². The minimum atomic E-state index is 0.578. The van der Waals surface area contributed by atoms with Gasteiger partial charge in [0.1, 0.15) is 0 Å². The molecule has 20 heavy (non-hydrogen) atoms. The highest BCUT2D eigenvalue weighted by Gasteiger charge is 2.23. The van der Waals surface area contributed by atoms with Gasteiger partial charge in [0.25, 0.3) is 0 Å². The third kappa shape index (κ3) is 4.75. The van der Waals surface area contributed by atoms with E-state index in [4.69, 9.17) is 11.6 Å². The first-order valence-corrected chi connectivity index (χ1v) is 9.05. The van der Waals surface area contributed by atoms with Crippen LogP contribution in [0, 0.1) is 5.92 Å². The Kier molecular flexibility index (Phi) is 6.86. The number of hydrogen-bond acceptors (Lipinski definition) is 1. The summed E-state index contributed by atoms with van der Waals surface area (Å²) >= 11 is 9.87. The molecule has 3 heteroatoms. The third-order valence-corrected chi connectivity index (χ3v) is 5.18. The van der Waals surface area contributed by atoms with Gasteiger partial charge in [-0.15, -0.1) is 0 Å². The van der Waals surface area contributed by atoms with E-state index in [0.717, 1.165) is 28.4 Å². The van der Waals surface area contributed by atoms with Gasteiger partial charge < -0.3 is 5.32 Å². The van der Waals surface area contributed by atoms with Crippen LogP contribution in [0.15, 0.2) is 22.7 Å². The fourth-order valence-corrected chi connectivity index (χ4v) is 3.95. The SMILES string of the molecule is CCCNC(Cc1ccc(Br)cc1Cl)C1CCCCC1. The largest absolute Gasteiger partial charge is 0.313 e. The molecule has 1 fully saturated rings. The molecule has 1 aliphatic carbocycles. The summed E-state index contributed by atoms with van der Waals surface area (Å²) in [6.07, 6.45) is 9.18. The maximum absolute atomic E-state index is 6.39.